The van der Waals surface area contributed by atoms with Gasteiger partial charge in [0.15, 0.2) is 18.1 Å². The molecule has 3 aromatic rings. The zero-order valence-electron chi connectivity index (χ0n) is 17.3. The Kier molecular flexibility index (Phi) is 6.18. The number of amides is 1. The quantitative estimate of drug-likeness (QED) is 0.542. The third kappa shape index (κ3) is 5.30. The van der Waals surface area contributed by atoms with Crippen molar-refractivity contribution in [3.05, 3.63) is 77.9 Å². The Hall–Kier alpha value is -3.72. The number of carbonyl (C=O) groups is 1. The fraction of sp³-hybridized carbons (Fsp3) is 0.174. The average Bonchev–Trinajstić information content (AvgIpc) is 3.26. The van der Waals surface area contributed by atoms with Gasteiger partial charge >= 0.3 is 0 Å². The van der Waals surface area contributed by atoms with Crippen molar-refractivity contribution in [3.63, 3.8) is 0 Å². The number of rotatable bonds is 8. The molecule has 0 atom stereocenters. The van der Waals surface area contributed by atoms with Gasteiger partial charge in [0, 0.05) is 12.2 Å². The minimum absolute atomic E-state index is 0.0951. The lowest BCUT2D eigenvalue weighted by atomic mass is 10.2. The molecule has 9 heteroatoms. The van der Waals surface area contributed by atoms with Crippen LogP contribution in [0.4, 0.5) is 5.69 Å². The third-order valence-corrected chi connectivity index (χ3v) is 6.13. The van der Waals surface area contributed by atoms with Gasteiger partial charge in [-0.2, -0.15) is 0 Å². The highest BCUT2D eigenvalue weighted by molar-refractivity contribution is 7.92. The monoisotopic (exact) mass is 454 g/mol. The van der Waals surface area contributed by atoms with E-state index < -0.39 is 10.0 Å². The van der Waals surface area contributed by atoms with Gasteiger partial charge in [0.1, 0.15) is 5.75 Å². The zero-order valence-corrected chi connectivity index (χ0v) is 18.1. The molecule has 4 rings (SSSR count). The van der Waals surface area contributed by atoms with Gasteiger partial charge in [-0.3, -0.25) is 9.52 Å². The number of hydrogen-bond donors (Lipinski definition) is 2. The molecule has 1 heterocycles. The van der Waals surface area contributed by atoms with Crippen LogP contribution in [0.2, 0.25) is 0 Å². The van der Waals surface area contributed by atoms with Gasteiger partial charge in [0.2, 0.25) is 6.79 Å². The summed E-state index contributed by atoms with van der Waals surface area (Å²) in [6.45, 7) is 2.24. The minimum atomic E-state index is -3.72. The van der Waals surface area contributed by atoms with Crippen LogP contribution in [0.15, 0.2) is 71.6 Å². The van der Waals surface area contributed by atoms with E-state index in [1.807, 2.05) is 31.2 Å². The summed E-state index contributed by atoms with van der Waals surface area (Å²) in [4.78, 5) is 12.2. The molecule has 0 unspecified atom stereocenters. The smallest absolute Gasteiger partial charge is 0.261 e. The lowest BCUT2D eigenvalue weighted by Gasteiger charge is -2.10. The first-order chi connectivity index (χ1) is 15.4. The molecule has 32 heavy (non-hydrogen) atoms. The minimum Gasteiger partial charge on any atom is -0.484 e. The van der Waals surface area contributed by atoms with Crippen LogP contribution in [0.3, 0.4) is 0 Å². The fourth-order valence-corrected chi connectivity index (χ4v) is 4.06. The second kappa shape index (κ2) is 9.19. The molecule has 166 valence electrons. The number of hydrogen-bond acceptors (Lipinski definition) is 6. The van der Waals surface area contributed by atoms with Crippen molar-refractivity contribution in [1.29, 1.82) is 0 Å². The van der Waals surface area contributed by atoms with Gasteiger partial charge in [-0.25, -0.2) is 8.42 Å². The predicted molar refractivity (Wildman–Crippen MR) is 118 cm³/mol. The van der Waals surface area contributed by atoms with Crippen LogP contribution >= 0.6 is 0 Å². The lowest BCUT2D eigenvalue weighted by Crippen LogP contribution is -2.28. The van der Waals surface area contributed by atoms with Crippen molar-refractivity contribution in [2.24, 2.45) is 0 Å². The molecular formula is C23H22N2O6S. The summed E-state index contributed by atoms with van der Waals surface area (Å²) in [5, 5.41) is 2.76. The van der Waals surface area contributed by atoms with E-state index >= 15 is 0 Å². The SMILES string of the molecule is Cc1ccc(NS(=O)(=O)c2ccc(OCC(=O)NCc3ccc4c(c3)OCO4)cc2)cc1. The summed E-state index contributed by atoms with van der Waals surface area (Å²) in [5.41, 5.74) is 2.39. The van der Waals surface area contributed by atoms with Gasteiger partial charge in [0.25, 0.3) is 15.9 Å². The molecule has 0 spiro atoms. The summed E-state index contributed by atoms with van der Waals surface area (Å²) in [5.74, 6) is 1.42. The van der Waals surface area contributed by atoms with Crippen LogP contribution in [0.5, 0.6) is 17.2 Å². The maximum absolute atomic E-state index is 12.5. The van der Waals surface area contributed by atoms with Crippen molar-refractivity contribution in [2.75, 3.05) is 18.1 Å². The van der Waals surface area contributed by atoms with Crippen molar-refractivity contribution in [3.8, 4) is 17.2 Å². The summed E-state index contributed by atoms with van der Waals surface area (Å²) in [6.07, 6.45) is 0. The number of ether oxygens (including phenoxy) is 3. The van der Waals surface area contributed by atoms with E-state index in [1.165, 1.54) is 24.3 Å². The van der Waals surface area contributed by atoms with Gasteiger partial charge in [-0.1, -0.05) is 23.8 Å². The van der Waals surface area contributed by atoms with E-state index in [0.717, 1.165) is 11.1 Å². The molecular weight excluding hydrogens is 432 g/mol. The second-order valence-electron chi connectivity index (χ2n) is 7.20. The first kappa shape index (κ1) is 21.5. The number of nitrogens with one attached hydrogen (secondary N) is 2. The van der Waals surface area contributed by atoms with E-state index in [-0.39, 0.29) is 24.2 Å². The summed E-state index contributed by atoms with van der Waals surface area (Å²) in [6, 6.07) is 18.4. The van der Waals surface area contributed by atoms with Crippen molar-refractivity contribution in [1.82, 2.24) is 5.32 Å². The summed E-state index contributed by atoms with van der Waals surface area (Å²) < 4.78 is 43.6. The molecule has 0 saturated heterocycles. The van der Waals surface area contributed by atoms with Crippen molar-refractivity contribution >= 4 is 21.6 Å². The molecule has 0 radical (unpaired) electrons. The van der Waals surface area contributed by atoms with E-state index in [9.17, 15) is 13.2 Å². The highest BCUT2D eigenvalue weighted by Crippen LogP contribution is 2.32. The van der Waals surface area contributed by atoms with Crippen LogP contribution in [-0.4, -0.2) is 27.7 Å². The molecule has 0 fully saturated rings. The standard InChI is InChI=1S/C23H22N2O6S/c1-16-2-5-18(6-3-16)25-32(27,28)20-9-7-19(8-10-20)29-14-23(26)24-13-17-4-11-21-22(12-17)31-15-30-21/h2-12,25H,13-15H2,1H3,(H,24,26). The Bertz CT molecular complexity index is 1210. The molecule has 3 aromatic carbocycles. The molecule has 2 N–H and O–H groups in total. The average molecular weight is 455 g/mol. The lowest BCUT2D eigenvalue weighted by molar-refractivity contribution is -0.123. The van der Waals surface area contributed by atoms with Crippen molar-refractivity contribution < 1.29 is 27.4 Å². The van der Waals surface area contributed by atoms with E-state index in [4.69, 9.17) is 14.2 Å². The largest absolute Gasteiger partial charge is 0.484 e. The molecule has 8 nitrogen and oxygen atoms in total. The van der Waals surface area contributed by atoms with Crippen LogP contribution in [0.25, 0.3) is 0 Å². The Morgan fingerprint density at radius 3 is 2.44 bits per heavy atom. The molecule has 1 aliphatic rings. The number of benzene rings is 3. The van der Waals surface area contributed by atoms with Gasteiger partial charge in [-0.05, 0) is 61.0 Å². The van der Waals surface area contributed by atoms with Crippen LogP contribution in [0.1, 0.15) is 11.1 Å². The Labute approximate surface area is 186 Å². The molecule has 0 saturated carbocycles. The Balaban J connectivity index is 1.27. The third-order valence-electron chi connectivity index (χ3n) is 4.73. The van der Waals surface area contributed by atoms with Crippen LogP contribution in [-0.2, 0) is 21.4 Å². The van der Waals surface area contributed by atoms with E-state index in [0.29, 0.717) is 29.5 Å². The van der Waals surface area contributed by atoms with Crippen molar-refractivity contribution in [2.45, 2.75) is 18.4 Å². The Morgan fingerprint density at radius 2 is 1.69 bits per heavy atom. The molecule has 1 amide bonds. The first-order valence-corrected chi connectivity index (χ1v) is 11.3. The maximum Gasteiger partial charge on any atom is 0.261 e. The second-order valence-corrected chi connectivity index (χ2v) is 8.88. The number of fused-ring (bicyclic) bond motifs is 1. The van der Waals surface area contributed by atoms with Gasteiger partial charge in [0.05, 0.1) is 4.90 Å². The molecule has 0 aliphatic carbocycles. The predicted octanol–water partition coefficient (Wildman–Crippen LogP) is 3.22. The summed E-state index contributed by atoms with van der Waals surface area (Å²) >= 11 is 0. The normalized spacial score (nSPS) is 12.3. The molecule has 0 aromatic heterocycles. The topological polar surface area (TPSA) is 103 Å². The number of carbonyl (C=O) groups excluding carboxylic acids is 1. The first-order valence-electron chi connectivity index (χ1n) is 9.87. The zero-order chi connectivity index (χ0) is 22.6. The molecule has 0 bridgehead atoms. The van der Waals surface area contributed by atoms with E-state index in [2.05, 4.69) is 10.0 Å². The number of sulfonamides is 1. The fourth-order valence-electron chi connectivity index (χ4n) is 3.00. The van der Waals surface area contributed by atoms with E-state index in [1.54, 1.807) is 18.2 Å². The maximum atomic E-state index is 12.5. The number of anilines is 1. The highest BCUT2D eigenvalue weighted by Gasteiger charge is 2.15. The van der Waals surface area contributed by atoms with Crippen LogP contribution < -0.4 is 24.2 Å². The van der Waals surface area contributed by atoms with Gasteiger partial charge in [-0.15, -0.1) is 0 Å². The molecule has 1 aliphatic heterocycles. The Morgan fingerprint density at radius 1 is 0.969 bits per heavy atom. The number of aryl methyl sites for hydroxylation is 1. The van der Waals surface area contributed by atoms with Gasteiger partial charge < -0.3 is 19.5 Å². The summed E-state index contributed by atoms with van der Waals surface area (Å²) in [7, 11) is -3.72. The highest BCUT2D eigenvalue weighted by atomic mass is 32.2. The van der Waals surface area contributed by atoms with Crippen LogP contribution in [0, 0.1) is 6.92 Å².